The molecule has 0 aliphatic heterocycles. The van der Waals surface area contributed by atoms with Crippen LogP contribution in [0.15, 0.2) is 36.9 Å². The van der Waals surface area contributed by atoms with Crippen molar-refractivity contribution in [3.8, 4) is 0 Å². The molecule has 1 aromatic rings. The van der Waals surface area contributed by atoms with Crippen LogP contribution in [0.3, 0.4) is 0 Å². The van der Waals surface area contributed by atoms with Crippen LogP contribution in [0.2, 0.25) is 0 Å². The molecule has 0 amide bonds. The van der Waals surface area contributed by atoms with E-state index in [1.54, 1.807) is 0 Å². The summed E-state index contributed by atoms with van der Waals surface area (Å²) in [6, 6.07) is 8.60. The molecule has 1 heteroatoms. The number of benzene rings is 1. The van der Waals surface area contributed by atoms with Gasteiger partial charge in [0.1, 0.15) is 0 Å². The molecule has 1 aliphatic rings. The van der Waals surface area contributed by atoms with Crippen molar-refractivity contribution in [3.63, 3.8) is 0 Å². The Labute approximate surface area is 111 Å². The van der Waals surface area contributed by atoms with Gasteiger partial charge in [-0.15, -0.1) is 6.58 Å². The Bertz CT molecular complexity index is 358. The zero-order valence-corrected chi connectivity index (χ0v) is 11.1. The van der Waals surface area contributed by atoms with E-state index < -0.39 is 0 Å². The number of allylic oxidation sites excluding steroid dienone is 1. The van der Waals surface area contributed by atoms with E-state index in [0.29, 0.717) is 5.92 Å². The first-order valence-corrected chi connectivity index (χ1v) is 7.17. The molecule has 1 aromatic carbocycles. The summed E-state index contributed by atoms with van der Waals surface area (Å²) in [7, 11) is 0. The van der Waals surface area contributed by atoms with Crippen molar-refractivity contribution in [1.29, 1.82) is 0 Å². The lowest BCUT2D eigenvalue weighted by atomic mass is 9.94. The maximum Gasteiger partial charge on any atom is 0.0574 e. The van der Waals surface area contributed by atoms with Crippen molar-refractivity contribution in [2.75, 3.05) is 0 Å². The monoisotopic (exact) mass is 244 g/mol. The van der Waals surface area contributed by atoms with E-state index in [1.807, 2.05) is 6.08 Å². The second-order valence-corrected chi connectivity index (χ2v) is 5.43. The summed E-state index contributed by atoms with van der Waals surface area (Å²) in [4.78, 5) is 0. The summed E-state index contributed by atoms with van der Waals surface area (Å²) in [6.45, 7) is 3.73. The third-order valence-electron chi connectivity index (χ3n) is 4.03. The smallest absolute Gasteiger partial charge is 0.0574 e. The molecule has 1 aliphatic carbocycles. The van der Waals surface area contributed by atoms with Crippen molar-refractivity contribution in [2.24, 2.45) is 5.92 Å². The van der Waals surface area contributed by atoms with E-state index in [1.165, 1.54) is 24.0 Å². The number of fused-ring (bicyclic) bond motifs is 1. The second-order valence-electron chi connectivity index (χ2n) is 5.43. The highest BCUT2D eigenvalue weighted by atomic mass is 16.3. The van der Waals surface area contributed by atoms with Crippen LogP contribution in [0.1, 0.15) is 43.2 Å². The highest BCUT2D eigenvalue weighted by molar-refractivity contribution is 5.32. The Morgan fingerprint density at radius 3 is 2.44 bits per heavy atom. The summed E-state index contributed by atoms with van der Waals surface area (Å²) >= 11 is 0. The molecule has 0 saturated heterocycles. The summed E-state index contributed by atoms with van der Waals surface area (Å²) in [6.07, 6.45) is 9.59. The summed E-state index contributed by atoms with van der Waals surface area (Å²) in [5.41, 5.74) is 2.88. The van der Waals surface area contributed by atoms with Gasteiger partial charge in [0, 0.05) is 0 Å². The van der Waals surface area contributed by atoms with E-state index in [0.717, 1.165) is 32.1 Å². The molecule has 0 bridgehead atoms. The number of aliphatic hydroxyl groups excluding tert-OH is 1. The topological polar surface area (TPSA) is 20.2 Å². The van der Waals surface area contributed by atoms with E-state index in [9.17, 15) is 5.11 Å². The number of hydrogen-bond acceptors (Lipinski definition) is 1. The lowest BCUT2D eigenvalue weighted by Crippen LogP contribution is -2.20. The first-order valence-electron chi connectivity index (χ1n) is 7.17. The van der Waals surface area contributed by atoms with Crippen LogP contribution >= 0.6 is 0 Å². The standard InChI is InChI=1S/C17H24O/c1-2-3-4-5-6-11-17(18)16-12-14-9-7-8-10-15(14)13-16/h2,7-10,16-18H,1,3-6,11-13H2. The molecule has 0 heterocycles. The summed E-state index contributed by atoms with van der Waals surface area (Å²) in [5.74, 6) is 0.446. The maximum absolute atomic E-state index is 10.3. The van der Waals surface area contributed by atoms with Crippen molar-refractivity contribution < 1.29 is 5.11 Å². The molecule has 1 nitrogen and oxygen atoms in total. The molecule has 1 atom stereocenters. The molecule has 0 aromatic heterocycles. The Balaban J connectivity index is 1.72. The van der Waals surface area contributed by atoms with Gasteiger partial charge >= 0.3 is 0 Å². The minimum Gasteiger partial charge on any atom is -0.393 e. The van der Waals surface area contributed by atoms with Crippen molar-refractivity contribution in [1.82, 2.24) is 0 Å². The van der Waals surface area contributed by atoms with Crippen LogP contribution in [0.5, 0.6) is 0 Å². The molecule has 0 saturated carbocycles. The van der Waals surface area contributed by atoms with Gasteiger partial charge in [-0.05, 0) is 49.1 Å². The molecule has 0 radical (unpaired) electrons. The number of hydrogen-bond donors (Lipinski definition) is 1. The third-order valence-corrected chi connectivity index (χ3v) is 4.03. The fourth-order valence-electron chi connectivity index (χ4n) is 2.92. The predicted molar refractivity (Wildman–Crippen MR) is 76.6 cm³/mol. The van der Waals surface area contributed by atoms with Crippen LogP contribution in [0.25, 0.3) is 0 Å². The highest BCUT2D eigenvalue weighted by Gasteiger charge is 2.26. The van der Waals surface area contributed by atoms with Gasteiger partial charge in [0.2, 0.25) is 0 Å². The van der Waals surface area contributed by atoms with Crippen molar-refractivity contribution in [2.45, 2.75) is 51.0 Å². The molecule has 0 fully saturated rings. The summed E-state index contributed by atoms with van der Waals surface area (Å²) in [5, 5.41) is 10.3. The molecule has 98 valence electrons. The van der Waals surface area contributed by atoms with E-state index in [-0.39, 0.29) is 6.10 Å². The molecule has 2 rings (SSSR count). The minimum atomic E-state index is -0.124. The average molecular weight is 244 g/mol. The van der Waals surface area contributed by atoms with Gasteiger partial charge in [-0.3, -0.25) is 0 Å². The van der Waals surface area contributed by atoms with Crippen LogP contribution in [-0.2, 0) is 12.8 Å². The van der Waals surface area contributed by atoms with Crippen LogP contribution in [0.4, 0.5) is 0 Å². The van der Waals surface area contributed by atoms with Crippen molar-refractivity contribution in [3.05, 3.63) is 48.0 Å². The van der Waals surface area contributed by atoms with Crippen molar-refractivity contribution >= 4 is 0 Å². The lowest BCUT2D eigenvalue weighted by molar-refractivity contribution is 0.101. The zero-order chi connectivity index (χ0) is 12.8. The Kier molecular flexibility index (Phi) is 5.00. The van der Waals surface area contributed by atoms with Gasteiger partial charge in [-0.2, -0.15) is 0 Å². The molecular formula is C17H24O. The largest absolute Gasteiger partial charge is 0.393 e. The molecular weight excluding hydrogens is 220 g/mol. The maximum atomic E-state index is 10.3. The second kappa shape index (κ2) is 6.75. The predicted octanol–water partition coefficient (Wildman–Crippen LogP) is 3.90. The zero-order valence-electron chi connectivity index (χ0n) is 11.1. The number of rotatable bonds is 7. The first-order chi connectivity index (χ1) is 8.81. The fourth-order valence-corrected chi connectivity index (χ4v) is 2.92. The first kappa shape index (κ1) is 13.4. The SMILES string of the molecule is C=CCCCCCC(O)C1Cc2ccccc2C1. The van der Waals surface area contributed by atoms with Crippen LogP contribution in [-0.4, -0.2) is 11.2 Å². The van der Waals surface area contributed by atoms with Gasteiger partial charge in [0.25, 0.3) is 0 Å². The molecule has 1 unspecified atom stereocenters. The highest BCUT2D eigenvalue weighted by Crippen LogP contribution is 2.30. The summed E-state index contributed by atoms with van der Waals surface area (Å²) < 4.78 is 0. The van der Waals surface area contributed by atoms with Gasteiger partial charge < -0.3 is 5.11 Å². The Hall–Kier alpha value is -1.08. The van der Waals surface area contributed by atoms with E-state index in [2.05, 4.69) is 30.8 Å². The average Bonchev–Trinajstić information content (AvgIpc) is 2.82. The molecule has 18 heavy (non-hydrogen) atoms. The number of aliphatic hydroxyl groups is 1. The third kappa shape index (κ3) is 3.46. The van der Waals surface area contributed by atoms with Gasteiger partial charge in [0.05, 0.1) is 6.10 Å². The quantitative estimate of drug-likeness (QED) is 0.570. The Morgan fingerprint density at radius 1 is 1.17 bits per heavy atom. The molecule has 1 N–H and O–H groups in total. The van der Waals surface area contributed by atoms with E-state index in [4.69, 9.17) is 0 Å². The number of unbranched alkanes of at least 4 members (excludes halogenated alkanes) is 3. The Morgan fingerprint density at radius 2 is 1.83 bits per heavy atom. The van der Waals surface area contributed by atoms with Gasteiger partial charge in [-0.1, -0.05) is 43.2 Å². The molecule has 0 spiro atoms. The van der Waals surface area contributed by atoms with E-state index >= 15 is 0 Å². The minimum absolute atomic E-state index is 0.124. The van der Waals surface area contributed by atoms with Crippen LogP contribution < -0.4 is 0 Å². The normalized spacial score (nSPS) is 16.5. The fraction of sp³-hybridized carbons (Fsp3) is 0.529. The van der Waals surface area contributed by atoms with Gasteiger partial charge in [0.15, 0.2) is 0 Å². The van der Waals surface area contributed by atoms with Crippen LogP contribution in [0, 0.1) is 5.92 Å². The lowest BCUT2D eigenvalue weighted by Gasteiger charge is -2.17. The van der Waals surface area contributed by atoms with Gasteiger partial charge in [-0.25, -0.2) is 0 Å².